The molecule has 0 saturated carbocycles. The second kappa shape index (κ2) is 8.24. The topological polar surface area (TPSA) is 63.1 Å². The van der Waals surface area contributed by atoms with Gasteiger partial charge in [-0.1, -0.05) is 13.0 Å². The highest BCUT2D eigenvalue weighted by Crippen LogP contribution is 2.16. The van der Waals surface area contributed by atoms with E-state index in [1.54, 1.807) is 24.4 Å². The lowest BCUT2D eigenvalue weighted by Crippen LogP contribution is -2.15. The first-order valence-corrected chi connectivity index (χ1v) is 7.50. The molecule has 6 heteroatoms. The molecular formula is C17H20FN3O2. The summed E-state index contributed by atoms with van der Waals surface area (Å²) >= 11 is 0. The minimum Gasteiger partial charge on any atom is -0.326 e. The molecule has 23 heavy (non-hydrogen) atoms. The van der Waals surface area contributed by atoms with Crippen LogP contribution in [0.15, 0.2) is 47.4 Å². The van der Waals surface area contributed by atoms with E-state index in [9.17, 15) is 14.0 Å². The van der Waals surface area contributed by atoms with Gasteiger partial charge in [0.15, 0.2) is 0 Å². The number of benzene rings is 1. The van der Waals surface area contributed by atoms with Crippen molar-refractivity contribution in [2.75, 3.05) is 18.4 Å². The summed E-state index contributed by atoms with van der Waals surface area (Å²) in [7, 11) is 0. The molecule has 1 aliphatic rings. The fourth-order valence-corrected chi connectivity index (χ4v) is 2.27. The SMILES string of the molecule is CC1CCNC1.O=CNc1ccc(-n2ccccc2=O)cc1F. The van der Waals surface area contributed by atoms with Gasteiger partial charge in [-0.15, -0.1) is 0 Å². The summed E-state index contributed by atoms with van der Waals surface area (Å²) in [5.74, 6) is 0.343. The van der Waals surface area contributed by atoms with Crippen LogP contribution in [0.2, 0.25) is 0 Å². The lowest BCUT2D eigenvalue weighted by Gasteiger charge is -2.07. The Bertz CT molecular complexity index is 709. The smallest absolute Gasteiger partial charge is 0.255 e. The van der Waals surface area contributed by atoms with Gasteiger partial charge in [0.25, 0.3) is 5.56 Å². The minimum atomic E-state index is -0.592. The van der Waals surface area contributed by atoms with E-state index >= 15 is 0 Å². The summed E-state index contributed by atoms with van der Waals surface area (Å²) in [6, 6.07) is 8.81. The van der Waals surface area contributed by atoms with Gasteiger partial charge in [0.2, 0.25) is 6.41 Å². The standard InChI is InChI=1S/C12H9FN2O2.C5H11N/c13-10-7-9(4-5-11(10)14-8-16)15-6-2-1-3-12(15)17;1-5-2-3-6-4-5/h1-8H,(H,14,16);5-6H,2-4H2,1H3. The Morgan fingerprint density at radius 2 is 2.17 bits per heavy atom. The molecule has 2 N–H and O–H groups in total. The van der Waals surface area contributed by atoms with E-state index in [1.165, 1.54) is 42.3 Å². The highest BCUT2D eigenvalue weighted by atomic mass is 19.1. The number of amides is 1. The molecular weight excluding hydrogens is 297 g/mol. The molecule has 1 saturated heterocycles. The normalized spacial score (nSPS) is 16.3. The molecule has 0 bridgehead atoms. The Morgan fingerprint density at radius 3 is 2.70 bits per heavy atom. The van der Waals surface area contributed by atoms with E-state index in [1.807, 2.05) is 0 Å². The Balaban J connectivity index is 0.000000268. The van der Waals surface area contributed by atoms with Crippen LogP contribution in [-0.2, 0) is 4.79 Å². The number of halogens is 1. The first-order valence-electron chi connectivity index (χ1n) is 7.50. The van der Waals surface area contributed by atoms with E-state index < -0.39 is 5.82 Å². The molecule has 0 aliphatic carbocycles. The Hall–Kier alpha value is -2.47. The number of nitrogens with zero attached hydrogens (tertiary/aromatic N) is 1. The third-order valence-corrected chi connectivity index (χ3v) is 3.57. The zero-order valence-electron chi connectivity index (χ0n) is 13.0. The highest BCUT2D eigenvalue weighted by Gasteiger charge is 2.06. The molecule has 5 nitrogen and oxygen atoms in total. The van der Waals surface area contributed by atoms with Crippen LogP contribution >= 0.6 is 0 Å². The number of carbonyl (C=O) groups excluding carboxylic acids is 1. The number of rotatable bonds is 3. The van der Waals surface area contributed by atoms with Crippen molar-refractivity contribution in [2.24, 2.45) is 5.92 Å². The number of carbonyl (C=O) groups is 1. The molecule has 2 heterocycles. The molecule has 1 aliphatic heterocycles. The van der Waals surface area contributed by atoms with Gasteiger partial charge in [0, 0.05) is 18.3 Å². The van der Waals surface area contributed by atoms with Gasteiger partial charge in [-0.3, -0.25) is 14.2 Å². The molecule has 1 fully saturated rings. The number of pyridine rings is 1. The summed E-state index contributed by atoms with van der Waals surface area (Å²) in [4.78, 5) is 21.7. The van der Waals surface area contributed by atoms with Crippen LogP contribution in [0.5, 0.6) is 0 Å². The van der Waals surface area contributed by atoms with Crippen molar-refractivity contribution in [3.05, 3.63) is 58.8 Å². The van der Waals surface area contributed by atoms with Crippen molar-refractivity contribution in [2.45, 2.75) is 13.3 Å². The molecule has 3 rings (SSSR count). The second-order valence-electron chi connectivity index (χ2n) is 5.43. The molecule has 1 atom stereocenters. The first kappa shape index (κ1) is 16.9. The average molecular weight is 317 g/mol. The predicted molar refractivity (Wildman–Crippen MR) is 88.3 cm³/mol. The maximum absolute atomic E-state index is 13.5. The van der Waals surface area contributed by atoms with Crippen molar-refractivity contribution in [3.8, 4) is 5.69 Å². The Morgan fingerprint density at radius 1 is 1.35 bits per heavy atom. The Labute approximate surface area is 134 Å². The maximum Gasteiger partial charge on any atom is 0.255 e. The van der Waals surface area contributed by atoms with Gasteiger partial charge in [-0.2, -0.15) is 0 Å². The van der Waals surface area contributed by atoms with Crippen molar-refractivity contribution in [3.63, 3.8) is 0 Å². The van der Waals surface area contributed by atoms with E-state index in [-0.39, 0.29) is 11.2 Å². The number of anilines is 1. The van der Waals surface area contributed by atoms with Crippen LogP contribution < -0.4 is 16.2 Å². The monoisotopic (exact) mass is 317 g/mol. The summed E-state index contributed by atoms with van der Waals surface area (Å²) in [5.41, 5.74) is 0.236. The summed E-state index contributed by atoms with van der Waals surface area (Å²) in [6.07, 6.45) is 3.32. The van der Waals surface area contributed by atoms with Crippen LogP contribution in [0.25, 0.3) is 5.69 Å². The van der Waals surface area contributed by atoms with E-state index in [0.29, 0.717) is 12.1 Å². The van der Waals surface area contributed by atoms with Crippen LogP contribution in [0.1, 0.15) is 13.3 Å². The lowest BCUT2D eigenvalue weighted by atomic mass is 10.2. The molecule has 0 radical (unpaired) electrons. The van der Waals surface area contributed by atoms with Crippen LogP contribution in [0.4, 0.5) is 10.1 Å². The van der Waals surface area contributed by atoms with Gasteiger partial charge in [0.05, 0.1) is 11.4 Å². The maximum atomic E-state index is 13.5. The van der Waals surface area contributed by atoms with Gasteiger partial charge in [-0.05, 0) is 43.6 Å². The number of hydrogen-bond donors (Lipinski definition) is 2. The van der Waals surface area contributed by atoms with Gasteiger partial charge in [0.1, 0.15) is 5.82 Å². The predicted octanol–water partition coefficient (Wildman–Crippen LogP) is 2.16. The van der Waals surface area contributed by atoms with Gasteiger partial charge < -0.3 is 10.6 Å². The third kappa shape index (κ3) is 4.75. The number of nitrogens with one attached hydrogen (secondary N) is 2. The summed E-state index contributed by atoms with van der Waals surface area (Å²) in [5, 5.41) is 5.50. The zero-order valence-corrected chi connectivity index (χ0v) is 13.0. The van der Waals surface area contributed by atoms with E-state index in [2.05, 4.69) is 17.6 Å². The van der Waals surface area contributed by atoms with Crippen LogP contribution in [0, 0.1) is 11.7 Å². The van der Waals surface area contributed by atoms with Gasteiger partial charge in [-0.25, -0.2) is 4.39 Å². The molecule has 122 valence electrons. The van der Waals surface area contributed by atoms with Crippen molar-refractivity contribution < 1.29 is 9.18 Å². The van der Waals surface area contributed by atoms with E-state index in [4.69, 9.17) is 0 Å². The molecule has 1 unspecified atom stereocenters. The van der Waals surface area contributed by atoms with Crippen LogP contribution in [0.3, 0.4) is 0 Å². The average Bonchev–Trinajstić information content (AvgIpc) is 3.02. The molecule has 0 spiro atoms. The Kier molecular flexibility index (Phi) is 6.05. The lowest BCUT2D eigenvalue weighted by molar-refractivity contribution is -0.105. The first-order chi connectivity index (χ1) is 11.1. The fourth-order valence-electron chi connectivity index (χ4n) is 2.27. The van der Waals surface area contributed by atoms with Crippen molar-refractivity contribution in [1.29, 1.82) is 0 Å². The molecule has 1 aromatic carbocycles. The molecule has 2 aromatic rings. The largest absolute Gasteiger partial charge is 0.326 e. The number of hydrogen-bond acceptors (Lipinski definition) is 3. The minimum absolute atomic E-state index is 0.0766. The highest BCUT2D eigenvalue weighted by molar-refractivity contribution is 5.72. The summed E-state index contributed by atoms with van der Waals surface area (Å²) < 4.78 is 14.8. The van der Waals surface area contributed by atoms with Crippen LogP contribution in [-0.4, -0.2) is 24.1 Å². The summed E-state index contributed by atoms with van der Waals surface area (Å²) in [6.45, 7) is 4.75. The van der Waals surface area contributed by atoms with E-state index in [0.717, 1.165) is 5.92 Å². The van der Waals surface area contributed by atoms with Crippen molar-refractivity contribution >= 4 is 12.1 Å². The zero-order chi connectivity index (χ0) is 16.7. The van der Waals surface area contributed by atoms with Crippen molar-refractivity contribution in [1.82, 2.24) is 9.88 Å². The molecule has 1 aromatic heterocycles. The second-order valence-corrected chi connectivity index (χ2v) is 5.43. The fraction of sp³-hybridized carbons (Fsp3) is 0.294. The molecule has 1 amide bonds. The quantitative estimate of drug-likeness (QED) is 0.853. The van der Waals surface area contributed by atoms with Gasteiger partial charge >= 0.3 is 0 Å². The third-order valence-electron chi connectivity index (χ3n) is 3.57. The number of aromatic nitrogens is 1.